The number of hydrogen-bond donors (Lipinski definition) is 1. The van der Waals surface area contributed by atoms with Gasteiger partial charge in [-0.2, -0.15) is 0 Å². The Morgan fingerprint density at radius 2 is 1.87 bits per heavy atom. The van der Waals surface area contributed by atoms with Crippen LogP contribution in [-0.4, -0.2) is 17.5 Å². The minimum absolute atomic E-state index is 0.0592. The molecule has 2 rings (SSSR count). The molecule has 0 saturated heterocycles. The molecule has 23 heavy (non-hydrogen) atoms. The Labute approximate surface area is 144 Å². The van der Waals surface area contributed by atoms with E-state index in [4.69, 9.17) is 23.2 Å². The maximum absolute atomic E-state index is 11.6. The lowest BCUT2D eigenvalue weighted by Gasteiger charge is -2.23. The molecule has 0 aromatic heterocycles. The molecule has 0 radical (unpaired) electrons. The van der Waals surface area contributed by atoms with E-state index in [1.54, 1.807) is 24.3 Å². The van der Waals surface area contributed by atoms with Crippen LogP contribution in [-0.2, 0) is 4.79 Å². The number of rotatable bonds is 5. The van der Waals surface area contributed by atoms with Crippen molar-refractivity contribution in [1.82, 2.24) is 0 Å². The van der Waals surface area contributed by atoms with Crippen LogP contribution in [0.5, 0.6) is 0 Å². The summed E-state index contributed by atoms with van der Waals surface area (Å²) in [6.45, 7) is 3.98. The second-order valence-electron chi connectivity index (χ2n) is 5.30. The summed E-state index contributed by atoms with van der Waals surface area (Å²) in [4.78, 5) is 24.3. The van der Waals surface area contributed by atoms with Crippen molar-refractivity contribution in [2.75, 3.05) is 4.90 Å². The van der Waals surface area contributed by atoms with Gasteiger partial charge in [0.2, 0.25) is 6.41 Å². The van der Waals surface area contributed by atoms with Crippen molar-refractivity contribution in [3.8, 4) is 0 Å². The summed E-state index contributed by atoms with van der Waals surface area (Å²) in [6.07, 6.45) is 0.643. The molecule has 0 aliphatic rings. The number of amides is 1. The molecule has 2 aromatic carbocycles. The van der Waals surface area contributed by atoms with E-state index >= 15 is 0 Å². The number of nitrogens with zero attached hydrogens (tertiary/aromatic N) is 1. The normalized spacial score (nSPS) is 10.7. The fraction of sp³-hybridized carbons (Fsp3) is 0.176. The number of carbonyl (C=O) groups excluding carboxylic acids is 1. The second-order valence-corrected chi connectivity index (χ2v) is 6.15. The molecule has 0 aliphatic heterocycles. The van der Waals surface area contributed by atoms with Gasteiger partial charge in [0, 0.05) is 10.7 Å². The number of carbonyl (C=O) groups is 2. The topological polar surface area (TPSA) is 57.6 Å². The lowest BCUT2D eigenvalue weighted by atomic mass is 10.00. The SMILES string of the molecule is CC(C)c1cc(Cl)ccc1N(C=O)c1ccc(Cl)c(C(=O)O)c1. The van der Waals surface area contributed by atoms with Crippen LogP contribution in [0.2, 0.25) is 10.0 Å². The van der Waals surface area contributed by atoms with Gasteiger partial charge in [-0.1, -0.05) is 37.0 Å². The molecule has 0 bridgehead atoms. The predicted octanol–water partition coefficient (Wildman–Crippen LogP) is 5.11. The first-order valence-electron chi connectivity index (χ1n) is 6.92. The highest BCUT2D eigenvalue weighted by atomic mass is 35.5. The molecule has 4 nitrogen and oxygen atoms in total. The number of aromatic carboxylic acids is 1. The van der Waals surface area contributed by atoms with Crippen LogP contribution < -0.4 is 4.90 Å². The van der Waals surface area contributed by atoms with E-state index in [0.717, 1.165) is 5.56 Å². The molecule has 0 aliphatic carbocycles. The van der Waals surface area contributed by atoms with Gasteiger partial charge in [-0.25, -0.2) is 4.79 Å². The molecular formula is C17H15Cl2NO3. The van der Waals surface area contributed by atoms with Crippen LogP contribution in [0.3, 0.4) is 0 Å². The fourth-order valence-corrected chi connectivity index (χ4v) is 2.67. The highest BCUT2D eigenvalue weighted by Crippen LogP contribution is 2.35. The van der Waals surface area contributed by atoms with E-state index in [0.29, 0.717) is 22.8 Å². The maximum atomic E-state index is 11.6. The van der Waals surface area contributed by atoms with Crippen LogP contribution in [0, 0.1) is 0 Å². The number of carboxylic acid groups (broad SMARTS) is 1. The molecule has 1 N–H and O–H groups in total. The first kappa shape index (κ1) is 17.3. The van der Waals surface area contributed by atoms with E-state index in [2.05, 4.69) is 0 Å². The summed E-state index contributed by atoms with van der Waals surface area (Å²) in [6, 6.07) is 9.65. The lowest BCUT2D eigenvalue weighted by Crippen LogP contribution is -2.17. The Kier molecular flexibility index (Phi) is 5.29. The van der Waals surface area contributed by atoms with E-state index < -0.39 is 5.97 Å². The van der Waals surface area contributed by atoms with Crippen molar-refractivity contribution >= 4 is 47.0 Å². The highest BCUT2D eigenvalue weighted by Gasteiger charge is 2.18. The molecular weight excluding hydrogens is 337 g/mol. The molecule has 0 fully saturated rings. The van der Waals surface area contributed by atoms with E-state index in [-0.39, 0.29) is 16.5 Å². The third kappa shape index (κ3) is 3.66. The number of halogens is 2. The first-order valence-corrected chi connectivity index (χ1v) is 7.67. The van der Waals surface area contributed by atoms with Crippen molar-refractivity contribution in [3.05, 3.63) is 57.6 Å². The Morgan fingerprint density at radius 1 is 1.17 bits per heavy atom. The molecule has 1 amide bonds. The van der Waals surface area contributed by atoms with Crippen LogP contribution in [0.1, 0.15) is 35.7 Å². The van der Waals surface area contributed by atoms with Gasteiger partial charge in [-0.3, -0.25) is 9.69 Å². The number of hydrogen-bond acceptors (Lipinski definition) is 2. The molecule has 0 saturated carbocycles. The lowest BCUT2D eigenvalue weighted by molar-refractivity contribution is -0.106. The monoisotopic (exact) mass is 351 g/mol. The smallest absolute Gasteiger partial charge is 0.337 e. The largest absolute Gasteiger partial charge is 0.478 e. The zero-order chi connectivity index (χ0) is 17.1. The minimum atomic E-state index is -1.15. The summed E-state index contributed by atoms with van der Waals surface area (Å²) in [5, 5.41) is 9.88. The molecule has 0 spiro atoms. The van der Waals surface area contributed by atoms with Gasteiger partial charge in [-0.15, -0.1) is 0 Å². The van der Waals surface area contributed by atoms with Crippen molar-refractivity contribution in [1.29, 1.82) is 0 Å². The highest BCUT2D eigenvalue weighted by molar-refractivity contribution is 6.33. The fourth-order valence-electron chi connectivity index (χ4n) is 2.29. The van der Waals surface area contributed by atoms with Crippen LogP contribution in [0.4, 0.5) is 11.4 Å². The average Bonchev–Trinajstić information content (AvgIpc) is 2.50. The van der Waals surface area contributed by atoms with Crippen LogP contribution in [0.25, 0.3) is 0 Å². The quantitative estimate of drug-likeness (QED) is 0.761. The van der Waals surface area contributed by atoms with Crippen molar-refractivity contribution in [3.63, 3.8) is 0 Å². The van der Waals surface area contributed by atoms with Gasteiger partial charge in [0.1, 0.15) is 0 Å². The van der Waals surface area contributed by atoms with Crippen molar-refractivity contribution < 1.29 is 14.7 Å². The first-order chi connectivity index (χ1) is 10.8. The summed E-state index contributed by atoms with van der Waals surface area (Å²) in [7, 11) is 0. The van der Waals surface area contributed by atoms with E-state index in [1.807, 2.05) is 13.8 Å². The zero-order valence-corrected chi connectivity index (χ0v) is 14.1. The van der Waals surface area contributed by atoms with Crippen LogP contribution in [0.15, 0.2) is 36.4 Å². The number of carboxylic acids is 1. The van der Waals surface area contributed by atoms with Gasteiger partial charge in [0.25, 0.3) is 0 Å². The van der Waals surface area contributed by atoms with Gasteiger partial charge in [0.15, 0.2) is 0 Å². The van der Waals surface area contributed by atoms with Gasteiger partial charge in [-0.05, 0) is 47.9 Å². The van der Waals surface area contributed by atoms with Gasteiger partial charge < -0.3 is 5.11 Å². The minimum Gasteiger partial charge on any atom is -0.478 e. The van der Waals surface area contributed by atoms with Crippen molar-refractivity contribution in [2.45, 2.75) is 19.8 Å². The zero-order valence-electron chi connectivity index (χ0n) is 12.6. The Morgan fingerprint density at radius 3 is 2.43 bits per heavy atom. The standard InChI is InChI=1S/C17H15Cl2NO3/c1-10(2)13-7-11(18)3-6-16(13)20(9-21)12-4-5-15(19)14(8-12)17(22)23/h3-10H,1-2H3,(H,22,23). The summed E-state index contributed by atoms with van der Waals surface area (Å²) >= 11 is 11.9. The maximum Gasteiger partial charge on any atom is 0.337 e. The number of benzene rings is 2. The van der Waals surface area contributed by atoms with Gasteiger partial charge >= 0.3 is 5.97 Å². The molecule has 0 heterocycles. The summed E-state index contributed by atoms with van der Waals surface area (Å²) in [5.74, 6) is -1.01. The Hall–Kier alpha value is -2.04. The third-order valence-corrected chi connectivity index (χ3v) is 4.00. The van der Waals surface area contributed by atoms with Crippen LogP contribution >= 0.6 is 23.2 Å². The third-order valence-electron chi connectivity index (χ3n) is 3.44. The average molecular weight is 352 g/mol. The predicted molar refractivity (Wildman–Crippen MR) is 92.2 cm³/mol. The van der Waals surface area contributed by atoms with E-state index in [1.165, 1.54) is 17.0 Å². The molecule has 0 atom stereocenters. The van der Waals surface area contributed by atoms with Crippen molar-refractivity contribution in [2.24, 2.45) is 0 Å². The Balaban J connectivity index is 2.59. The molecule has 120 valence electrons. The summed E-state index contributed by atoms with van der Waals surface area (Å²) < 4.78 is 0. The summed E-state index contributed by atoms with van der Waals surface area (Å²) in [5.41, 5.74) is 1.90. The molecule has 0 unspecified atom stereocenters. The molecule has 6 heteroatoms. The number of anilines is 2. The second kappa shape index (κ2) is 7.02. The van der Waals surface area contributed by atoms with Gasteiger partial charge in [0.05, 0.1) is 16.3 Å². The molecule has 2 aromatic rings. The Bertz CT molecular complexity index is 759. The van der Waals surface area contributed by atoms with E-state index in [9.17, 15) is 14.7 Å².